The number of carbonyl (C=O) groups is 2. The highest BCUT2D eigenvalue weighted by Crippen LogP contribution is 2.37. The summed E-state index contributed by atoms with van der Waals surface area (Å²) in [4.78, 5) is 34.8. The van der Waals surface area contributed by atoms with Crippen molar-refractivity contribution in [1.82, 2.24) is 25.5 Å². The largest absolute Gasteiger partial charge is 0.459 e. The lowest BCUT2D eigenvalue weighted by Crippen LogP contribution is -2.62. The number of hydrogen-bond donors (Lipinski definition) is 3. The second-order valence-electron chi connectivity index (χ2n) is 8.12. The Morgan fingerprint density at radius 2 is 2.18 bits per heavy atom. The first-order chi connectivity index (χ1) is 13.5. The number of likely N-dealkylation sites (tertiary alicyclic amines) is 1. The van der Waals surface area contributed by atoms with Gasteiger partial charge in [0.25, 0.3) is 5.91 Å². The third kappa shape index (κ3) is 3.44. The number of carbonyl (C=O) groups excluding carboxylic acids is 2. The number of furan rings is 1. The molecule has 28 heavy (non-hydrogen) atoms. The van der Waals surface area contributed by atoms with Crippen LogP contribution in [-0.4, -0.2) is 52.4 Å². The van der Waals surface area contributed by atoms with Gasteiger partial charge >= 0.3 is 0 Å². The van der Waals surface area contributed by atoms with Crippen LogP contribution in [0.2, 0.25) is 0 Å². The van der Waals surface area contributed by atoms with E-state index in [1.54, 1.807) is 23.4 Å². The van der Waals surface area contributed by atoms with Crippen molar-refractivity contribution in [3.8, 4) is 0 Å². The van der Waals surface area contributed by atoms with Gasteiger partial charge in [-0.2, -0.15) is 0 Å². The fourth-order valence-electron chi connectivity index (χ4n) is 4.16. The van der Waals surface area contributed by atoms with Gasteiger partial charge in [0.2, 0.25) is 5.91 Å². The first-order valence-electron chi connectivity index (χ1n) is 9.89. The van der Waals surface area contributed by atoms with Crippen LogP contribution >= 0.6 is 0 Å². The molecule has 0 unspecified atom stereocenters. The van der Waals surface area contributed by atoms with E-state index in [-0.39, 0.29) is 17.9 Å². The molecule has 0 aliphatic carbocycles. The Kier molecular flexibility index (Phi) is 4.97. The van der Waals surface area contributed by atoms with E-state index in [1.807, 2.05) is 0 Å². The Morgan fingerprint density at radius 3 is 2.86 bits per heavy atom. The SMILES string of the molecule is CC(C)CNC(=O)[C@@H]1Cc2[nH]cnc2C2(CCN(C(=O)c3ccco3)CC2)N1. The van der Waals surface area contributed by atoms with Crippen LogP contribution in [-0.2, 0) is 16.8 Å². The van der Waals surface area contributed by atoms with E-state index in [2.05, 4.69) is 34.4 Å². The normalized spacial score (nSPS) is 21.0. The summed E-state index contributed by atoms with van der Waals surface area (Å²) in [6.45, 7) is 5.98. The molecule has 1 atom stereocenters. The first kappa shape index (κ1) is 18.7. The highest BCUT2D eigenvalue weighted by atomic mass is 16.3. The Bertz CT molecular complexity index is 834. The molecule has 2 aliphatic rings. The maximum atomic E-state index is 12.7. The van der Waals surface area contributed by atoms with E-state index < -0.39 is 5.54 Å². The third-order valence-electron chi connectivity index (χ3n) is 5.67. The second kappa shape index (κ2) is 7.43. The van der Waals surface area contributed by atoms with Crippen LogP contribution in [0.15, 0.2) is 29.1 Å². The van der Waals surface area contributed by atoms with Crippen molar-refractivity contribution in [2.75, 3.05) is 19.6 Å². The van der Waals surface area contributed by atoms with E-state index in [9.17, 15) is 9.59 Å². The van der Waals surface area contributed by atoms with Crippen molar-refractivity contribution >= 4 is 11.8 Å². The van der Waals surface area contributed by atoms with E-state index in [0.717, 1.165) is 11.4 Å². The minimum Gasteiger partial charge on any atom is -0.459 e. The number of nitrogens with one attached hydrogen (secondary N) is 3. The standard InChI is InChI=1S/C20H27N5O3/c1-13(2)11-21-18(26)15-10-14-17(23-12-22-14)20(24-15)5-7-25(8-6-20)19(27)16-4-3-9-28-16/h3-4,9,12-13,15,24H,5-8,10-11H2,1-2H3,(H,21,26)(H,22,23)/t15-/m0/s1. The van der Waals surface area contributed by atoms with E-state index in [0.29, 0.717) is 50.6 Å². The molecule has 0 bridgehead atoms. The molecule has 2 aromatic heterocycles. The summed E-state index contributed by atoms with van der Waals surface area (Å²) in [6.07, 6.45) is 5.20. The summed E-state index contributed by atoms with van der Waals surface area (Å²) in [6, 6.07) is 3.10. The third-order valence-corrected chi connectivity index (χ3v) is 5.67. The molecule has 1 spiro atoms. The van der Waals surface area contributed by atoms with Crippen LogP contribution in [0.3, 0.4) is 0 Å². The number of nitrogens with zero attached hydrogens (tertiary/aromatic N) is 2. The molecular weight excluding hydrogens is 358 g/mol. The molecule has 150 valence electrons. The zero-order valence-corrected chi connectivity index (χ0v) is 16.3. The van der Waals surface area contributed by atoms with Gasteiger partial charge in [-0.1, -0.05) is 13.8 Å². The molecule has 0 saturated carbocycles. The Hall–Kier alpha value is -2.61. The van der Waals surface area contributed by atoms with Crippen LogP contribution in [0.25, 0.3) is 0 Å². The number of aromatic nitrogens is 2. The lowest BCUT2D eigenvalue weighted by atomic mass is 9.78. The summed E-state index contributed by atoms with van der Waals surface area (Å²) in [5.41, 5.74) is 1.59. The van der Waals surface area contributed by atoms with Crippen LogP contribution in [0.1, 0.15) is 48.6 Å². The molecule has 8 heteroatoms. The second-order valence-corrected chi connectivity index (χ2v) is 8.12. The molecule has 2 aliphatic heterocycles. The summed E-state index contributed by atoms with van der Waals surface area (Å²) >= 11 is 0. The average Bonchev–Trinajstić information content (AvgIpc) is 3.38. The Balaban J connectivity index is 1.49. The number of hydrogen-bond acceptors (Lipinski definition) is 5. The monoisotopic (exact) mass is 385 g/mol. The van der Waals surface area contributed by atoms with Gasteiger partial charge < -0.3 is 19.6 Å². The molecule has 0 radical (unpaired) electrons. The molecule has 0 aromatic carbocycles. The number of aromatic amines is 1. The molecule has 1 saturated heterocycles. The van der Waals surface area contributed by atoms with Gasteiger partial charge in [0.05, 0.1) is 29.9 Å². The number of imidazole rings is 1. The highest BCUT2D eigenvalue weighted by Gasteiger charge is 2.46. The van der Waals surface area contributed by atoms with Crippen molar-refractivity contribution in [2.24, 2.45) is 5.92 Å². The number of fused-ring (bicyclic) bond motifs is 2. The average molecular weight is 385 g/mol. The van der Waals surface area contributed by atoms with Crippen molar-refractivity contribution in [3.05, 3.63) is 41.9 Å². The molecule has 1 fully saturated rings. The molecule has 3 N–H and O–H groups in total. The van der Waals surface area contributed by atoms with Gasteiger partial charge in [-0.3, -0.25) is 14.9 Å². The van der Waals surface area contributed by atoms with Crippen molar-refractivity contribution in [1.29, 1.82) is 0 Å². The maximum Gasteiger partial charge on any atom is 0.289 e. The van der Waals surface area contributed by atoms with Gasteiger partial charge in [0.1, 0.15) is 0 Å². The molecule has 8 nitrogen and oxygen atoms in total. The minimum absolute atomic E-state index is 0.0161. The zero-order valence-electron chi connectivity index (χ0n) is 16.3. The lowest BCUT2D eigenvalue weighted by Gasteiger charge is -2.46. The van der Waals surface area contributed by atoms with Crippen molar-refractivity contribution in [3.63, 3.8) is 0 Å². The van der Waals surface area contributed by atoms with Crippen LogP contribution < -0.4 is 10.6 Å². The minimum atomic E-state index is -0.395. The molecule has 2 amide bonds. The highest BCUT2D eigenvalue weighted by molar-refractivity contribution is 5.91. The van der Waals surface area contributed by atoms with Crippen molar-refractivity contribution < 1.29 is 14.0 Å². The topological polar surface area (TPSA) is 103 Å². The molecular formula is C20H27N5O3. The smallest absolute Gasteiger partial charge is 0.289 e. The van der Waals surface area contributed by atoms with E-state index in [1.165, 1.54) is 6.26 Å². The Labute approximate surface area is 164 Å². The number of rotatable bonds is 4. The molecule has 4 rings (SSSR count). The van der Waals surface area contributed by atoms with Gasteiger partial charge in [-0.15, -0.1) is 0 Å². The summed E-state index contributed by atoms with van der Waals surface area (Å²) < 4.78 is 5.25. The van der Waals surface area contributed by atoms with Gasteiger partial charge in [-0.25, -0.2) is 4.98 Å². The van der Waals surface area contributed by atoms with Crippen LogP contribution in [0, 0.1) is 5.92 Å². The zero-order chi connectivity index (χ0) is 19.7. The summed E-state index contributed by atoms with van der Waals surface area (Å²) in [5, 5.41) is 6.60. The summed E-state index contributed by atoms with van der Waals surface area (Å²) in [7, 11) is 0. The lowest BCUT2D eigenvalue weighted by molar-refractivity contribution is -0.124. The number of amides is 2. The van der Waals surface area contributed by atoms with E-state index >= 15 is 0 Å². The van der Waals surface area contributed by atoms with Crippen LogP contribution in [0.5, 0.6) is 0 Å². The van der Waals surface area contributed by atoms with Crippen molar-refractivity contribution in [2.45, 2.75) is 44.7 Å². The number of H-pyrrole nitrogens is 1. The molecule has 4 heterocycles. The number of piperidine rings is 1. The van der Waals surface area contributed by atoms with Gasteiger partial charge in [0, 0.05) is 31.7 Å². The quantitative estimate of drug-likeness (QED) is 0.739. The van der Waals surface area contributed by atoms with Crippen LogP contribution in [0.4, 0.5) is 0 Å². The predicted octanol–water partition coefficient (Wildman–Crippen LogP) is 1.42. The fraction of sp³-hybridized carbons (Fsp3) is 0.550. The predicted molar refractivity (Wildman–Crippen MR) is 103 cm³/mol. The fourth-order valence-corrected chi connectivity index (χ4v) is 4.16. The molecule has 2 aromatic rings. The Morgan fingerprint density at radius 1 is 1.39 bits per heavy atom. The van der Waals surface area contributed by atoms with Gasteiger partial charge in [0.15, 0.2) is 5.76 Å². The van der Waals surface area contributed by atoms with Gasteiger partial charge in [-0.05, 0) is 30.9 Å². The first-order valence-corrected chi connectivity index (χ1v) is 9.89. The maximum absolute atomic E-state index is 12.7. The summed E-state index contributed by atoms with van der Waals surface area (Å²) in [5.74, 6) is 0.686. The van der Waals surface area contributed by atoms with E-state index in [4.69, 9.17) is 4.42 Å².